The molecule has 0 aliphatic heterocycles. The number of carboxylic acid groups (broad SMARTS) is 1. The van der Waals surface area contributed by atoms with Crippen LogP contribution < -0.4 is 5.32 Å². The van der Waals surface area contributed by atoms with Gasteiger partial charge in [0.1, 0.15) is 6.26 Å². The van der Waals surface area contributed by atoms with Crippen LogP contribution in [0.2, 0.25) is 0 Å². The summed E-state index contributed by atoms with van der Waals surface area (Å²) in [4.78, 5) is 33.3. The van der Waals surface area contributed by atoms with Crippen molar-refractivity contribution in [1.82, 2.24) is 5.32 Å². The molecule has 0 saturated heterocycles. The molecule has 0 unspecified atom stereocenters. The first-order valence-electron chi connectivity index (χ1n) is 5.51. The number of ether oxygens (including phenoxy) is 2. The summed E-state index contributed by atoms with van der Waals surface area (Å²) >= 11 is 0. The lowest BCUT2D eigenvalue weighted by Gasteiger charge is -2.07. The van der Waals surface area contributed by atoms with Crippen LogP contribution in [0.5, 0.6) is 0 Å². The van der Waals surface area contributed by atoms with E-state index in [1.165, 1.54) is 0 Å². The normalized spacial score (nSPS) is 10.7. The molecule has 0 heterocycles. The predicted molar refractivity (Wildman–Crippen MR) is 61.6 cm³/mol. The van der Waals surface area contributed by atoms with E-state index in [-0.39, 0.29) is 25.1 Å². The van der Waals surface area contributed by atoms with Crippen molar-refractivity contribution in [2.45, 2.75) is 20.3 Å². The lowest BCUT2D eigenvalue weighted by atomic mass is 10.2. The van der Waals surface area contributed by atoms with E-state index in [2.05, 4.69) is 10.1 Å². The molecule has 7 heteroatoms. The highest BCUT2D eigenvalue weighted by Gasteiger charge is 2.20. The molecule has 102 valence electrons. The number of hydrogen-bond donors (Lipinski definition) is 2. The number of rotatable bonds is 8. The summed E-state index contributed by atoms with van der Waals surface area (Å²) in [6.07, 6.45) is 0.782. The molecule has 0 bridgehead atoms. The van der Waals surface area contributed by atoms with Gasteiger partial charge >= 0.3 is 11.9 Å². The van der Waals surface area contributed by atoms with Gasteiger partial charge in [0, 0.05) is 6.54 Å². The Hall–Kier alpha value is -2.05. The molecule has 0 aromatic rings. The third-order valence-corrected chi connectivity index (χ3v) is 1.73. The van der Waals surface area contributed by atoms with Crippen LogP contribution in [-0.4, -0.2) is 42.7 Å². The number of nitrogens with one attached hydrogen (secondary N) is 1. The maximum absolute atomic E-state index is 11.6. The van der Waals surface area contributed by atoms with Gasteiger partial charge in [0.05, 0.1) is 19.6 Å². The Kier molecular flexibility index (Phi) is 8.00. The van der Waals surface area contributed by atoms with Gasteiger partial charge in [-0.1, -0.05) is 0 Å². The summed E-state index contributed by atoms with van der Waals surface area (Å²) in [7, 11) is 0. The monoisotopic (exact) mass is 259 g/mol. The van der Waals surface area contributed by atoms with E-state index in [4.69, 9.17) is 9.84 Å². The Morgan fingerprint density at radius 3 is 2.39 bits per heavy atom. The topological polar surface area (TPSA) is 102 Å². The van der Waals surface area contributed by atoms with Crippen LogP contribution in [0.15, 0.2) is 11.8 Å². The van der Waals surface area contributed by atoms with Gasteiger partial charge in [-0.15, -0.1) is 0 Å². The van der Waals surface area contributed by atoms with Crippen molar-refractivity contribution in [2.24, 2.45) is 0 Å². The van der Waals surface area contributed by atoms with Crippen LogP contribution in [0.25, 0.3) is 0 Å². The van der Waals surface area contributed by atoms with Gasteiger partial charge in [0.15, 0.2) is 5.57 Å². The molecule has 0 aliphatic rings. The predicted octanol–water partition coefficient (Wildman–Crippen LogP) is 0.0608. The van der Waals surface area contributed by atoms with Crippen LogP contribution in [0.1, 0.15) is 20.3 Å². The van der Waals surface area contributed by atoms with Crippen LogP contribution in [0.4, 0.5) is 0 Å². The molecule has 0 spiro atoms. The van der Waals surface area contributed by atoms with Crippen molar-refractivity contribution in [3.63, 3.8) is 0 Å². The molecular formula is C11H17NO6. The molecule has 0 fully saturated rings. The molecular weight excluding hydrogens is 242 g/mol. The van der Waals surface area contributed by atoms with Crippen LogP contribution in [0.3, 0.4) is 0 Å². The van der Waals surface area contributed by atoms with Crippen molar-refractivity contribution in [2.75, 3.05) is 19.8 Å². The minimum Gasteiger partial charge on any atom is -0.500 e. The van der Waals surface area contributed by atoms with E-state index in [0.717, 1.165) is 6.26 Å². The summed E-state index contributed by atoms with van der Waals surface area (Å²) in [6, 6.07) is 0. The third kappa shape index (κ3) is 6.51. The summed E-state index contributed by atoms with van der Waals surface area (Å²) in [5.41, 5.74) is -0.288. The van der Waals surface area contributed by atoms with E-state index in [1.54, 1.807) is 13.8 Å². The van der Waals surface area contributed by atoms with E-state index in [1.807, 2.05) is 0 Å². The van der Waals surface area contributed by atoms with Crippen molar-refractivity contribution in [3.05, 3.63) is 11.8 Å². The average Bonchev–Trinajstić information content (AvgIpc) is 2.29. The standard InChI is InChI=1S/C11H17NO6/c1-3-17-7-8(11(16)18-4-2)10(15)12-6-5-9(13)14/h7H,3-6H2,1-2H3,(H,12,15)(H,13,14)/b8-7+. The lowest BCUT2D eigenvalue weighted by molar-refractivity contribution is -0.140. The second-order valence-electron chi connectivity index (χ2n) is 3.11. The van der Waals surface area contributed by atoms with E-state index in [0.29, 0.717) is 6.61 Å². The first kappa shape index (κ1) is 16.0. The zero-order valence-corrected chi connectivity index (χ0v) is 10.4. The Morgan fingerprint density at radius 2 is 1.89 bits per heavy atom. The Bertz CT molecular complexity index is 336. The number of esters is 1. The van der Waals surface area contributed by atoms with Crippen molar-refractivity contribution in [1.29, 1.82) is 0 Å². The number of hydrogen-bond acceptors (Lipinski definition) is 5. The zero-order chi connectivity index (χ0) is 14.0. The summed E-state index contributed by atoms with van der Waals surface area (Å²) in [6.45, 7) is 3.66. The smallest absolute Gasteiger partial charge is 0.346 e. The first-order valence-corrected chi connectivity index (χ1v) is 5.51. The highest BCUT2D eigenvalue weighted by Crippen LogP contribution is 2.00. The van der Waals surface area contributed by atoms with Gasteiger partial charge in [-0.25, -0.2) is 4.79 Å². The van der Waals surface area contributed by atoms with Gasteiger partial charge in [0.2, 0.25) is 0 Å². The van der Waals surface area contributed by atoms with Gasteiger partial charge in [-0.2, -0.15) is 0 Å². The molecule has 2 N–H and O–H groups in total. The van der Waals surface area contributed by atoms with Crippen molar-refractivity contribution < 1.29 is 29.0 Å². The quantitative estimate of drug-likeness (QED) is 0.210. The SMILES string of the molecule is CCO/C=C(\C(=O)NCCC(=O)O)C(=O)OCC. The number of aliphatic carboxylic acids is 1. The zero-order valence-electron chi connectivity index (χ0n) is 10.4. The summed E-state index contributed by atoms with van der Waals surface area (Å²) in [5.74, 6) is -2.57. The maximum atomic E-state index is 11.6. The second-order valence-corrected chi connectivity index (χ2v) is 3.11. The largest absolute Gasteiger partial charge is 0.500 e. The van der Waals surface area contributed by atoms with Crippen molar-refractivity contribution in [3.8, 4) is 0 Å². The fourth-order valence-electron chi connectivity index (χ4n) is 0.948. The molecule has 0 aromatic heterocycles. The van der Waals surface area contributed by atoms with Gasteiger partial charge < -0.3 is 19.9 Å². The Morgan fingerprint density at radius 1 is 1.22 bits per heavy atom. The fourth-order valence-corrected chi connectivity index (χ4v) is 0.948. The second kappa shape index (κ2) is 9.03. The lowest BCUT2D eigenvalue weighted by Crippen LogP contribution is -2.31. The highest BCUT2D eigenvalue weighted by atomic mass is 16.5. The summed E-state index contributed by atoms with van der Waals surface area (Å²) < 4.78 is 9.56. The molecule has 0 saturated carbocycles. The first-order chi connectivity index (χ1) is 8.52. The van der Waals surface area contributed by atoms with Crippen molar-refractivity contribution >= 4 is 17.8 Å². The minimum absolute atomic E-state index is 0.0724. The Labute approximate surface area is 105 Å². The molecule has 0 radical (unpaired) electrons. The average molecular weight is 259 g/mol. The highest BCUT2D eigenvalue weighted by molar-refractivity contribution is 6.16. The number of carboxylic acids is 1. The van der Waals surface area contributed by atoms with Crippen LogP contribution in [0, 0.1) is 0 Å². The van der Waals surface area contributed by atoms with Gasteiger partial charge in [-0.3, -0.25) is 9.59 Å². The molecule has 0 rings (SSSR count). The van der Waals surface area contributed by atoms with E-state index >= 15 is 0 Å². The number of carbonyl (C=O) groups excluding carboxylic acids is 2. The van der Waals surface area contributed by atoms with Gasteiger partial charge in [0.25, 0.3) is 5.91 Å². The number of carbonyl (C=O) groups is 3. The molecule has 0 aliphatic carbocycles. The molecule has 1 amide bonds. The van der Waals surface area contributed by atoms with Gasteiger partial charge in [-0.05, 0) is 13.8 Å². The van der Waals surface area contributed by atoms with E-state index < -0.39 is 17.8 Å². The number of amides is 1. The van der Waals surface area contributed by atoms with E-state index in [9.17, 15) is 14.4 Å². The Balaban J connectivity index is 4.50. The third-order valence-electron chi connectivity index (χ3n) is 1.73. The minimum atomic E-state index is -1.04. The fraction of sp³-hybridized carbons (Fsp3) is 0.545. The maximum Gasteiger partial charge on any atom is 0.346 e. The van der Waals surface area contributed by atoms with Crippen LogP contribution >= 0.6 is 0 Å². The molecule has 7 nitrogen and oxygen atoms in total. The summed E-state index contributed by atoms with van der Waals surface area (Å²) in [5, 5.41) is 10.7. The van der Waals surface area contributed by atoms with Crippen LogP contribution in [-0.2, 0) is 23.9 Å². The molecule has 18 heavy (non-hydrogen) atoms. The molecule has 0 aromatic carbocycles. The molecule has 0 atom stereocenters.